The van der Waals surface area contributed by atoms with Crippen LogP contribution in [-0.4, -0.2) is 18.3 Å². The summed E-state index contributed by atoms with van der Waals surface area (Å²) in [5.41, 5.74) is 1.96. The van der Waals surface area contributed by atoms with Gasteiger partial charge in [-0.2, -0.15) is 10.4 Å². The molecular weight excluding hydrogens is 256 g/mol. The first kappa shape index (κ1) is 14.6. The van der Waals surface area contributed by atoms with Crippen molar-refractivity contribution in [2.75, 3.05) is 12.0 Å². The number of nitriles is 1. The van der Waals surface area contributed by atoms with Crippen molar-refractivity contribution in [1.29, 1.82) is 5.26 Å². The third kappa shape index (κ3) is 4.35. The Balaban J connectivity index is 2.86. The van der Waals surface area contributed by atoms with Gasteiger partial charge in [-0.15, -0.1) is 0 Å². The minimum atomic E-state index is -0.857. The zero-order valence-corrected chi connectivity index (χ0v) is 10.1. The van der Waals surface area contributed by atoms with E-state index < -0.39 is 17.6 Å². The molecule has 0 aliphatic rings. The Kier molecular flexibility index (Phi) is 5.41. The standard InChI is InChI=1S/C12H11F2N3O2/c1-2-19-12(18)11(5-6-15)17-16-10-4-3-8(13)7-9(10)14/h3-4,7,16H,2,5H2,1H3/b17-11-. The fraction of sp³-hybridized carbons (Fsp3) is 0.250. The Hall–Kier alpha value is -2.49. The minimum Gasteiger partial charge on any atom is -0.461 e. The molecule has 1 N–H and O–H groups in total. The van der Waals surface area contributed by atoms with Crippen molar-refractivity contribution in [2.24, 2.45) is 5.10 Å². The number of rotatable bonds is 5. The highest BCUT2D eigenvalue weighted by Gasteiger charge is 2.13. The second-order valence-electron chi connectivity index (χ2n) is 3.35. The van der Waals surface area contributed by atoms with E-state index in [1.54, 1.807) is 13.0 Å². The lowest BCUT2D eigenvalue weighted by Gasteiger charge is -2.05. The van der Waals surface area contributed by atoms with E-state index in [2.05, 4.69) is 15.3 Å². The van der Waals surface area contributed by atoms with Gasteiger partial charge in [0.15, 0.2) is 11.5 Å². The fourth-order valence-electron chi connectivity index (χ4n) is 1.15. The summed E-state index contributed by atoms with van der Waals surface area (Å²) >= 11 is 0. The lowest BCUT2D eigenvalue weighted by molar-refractivity contribution is -0.135. The van der Waals surface area contributed by atoms with Crippen molar-refractivity contribution in [1.82, 2.24) is 0 Å². The molecule has 0 atom stereocenters. The molecular formula is C12H11F2N3O2. The molecule has 1 aromatic rings. The predicted molar refractivity (Wildman–Crippen MR) is 64.3 cm³/mol. The Labute approximate surface area is 108 Å². The van der Waals surface area contributed by atoms with Crippen molar-refractivity contribution < 1.29 is 18.3 Å². The van der Waals surface area contributed by atoms with Gasteiger partial charge in [0.25, 0.3) is 0 Å². The van der Waals surface area contributed by atoms with E-state index in [4.69, 9.17) is 5.26 Å². The maximum Gasteiger partial charge on any atom is 0.355 e. The minimum absolute atomic E-state index is 0.110. The molecule has 1 rings (SSSR count). The average molecular weight is 267 g/mol. The molecule has 0 amide bonds. The highest BCUT2D eigenvalue weighted by molar-refractivity contribution is 6.37. The van der Waals surface area contributed by atoms with E-state index in [1.807, 2.05) is 0 Å². The van der Waals surface area contributed by atoms with Crippen LogP contribution < -0.4 is 5.43 Å². The molecule has 0 saturated heterocycles. The molecule has 0 aromatic heterocycles. The molecule has 19 heavy (non-hydrogen) atoms. The van der Waals surface area contributed by atoms with E-state index in [9.17, 15) is 13.6 Å². The largest absolute Gasteiger partial charge is 0.461 e. The zero-order valence-electron chi connectivity index (χ0n) is 10.1. The summed E-state index contributed by atoms with van der Waals surface area (Å²) in [5, 5.41) is 12.2. The average Bonchev–Trinajstić information content (AvgIpc) is 2.36. The molecule has 7 heteroatoms. The van der Waals surface area contributed by atoms with Gasteiger partial charge in [0.05, 0.1) is 24.8 Å². The second-order valence-corrected chi connectivity index (χ2v) is 3.35. The van der Waals surface area contributed by atoms with Gasteiger partial charge in [-0.25, -0.2) is 13.6 Å². The summed E-state index contributed by atoms with van der Waals surface area (Å²) in [6.07, 6.45) is -0.283. The number of hydrazone groups is 1. The van der Waals surface area contributed by atoms with Crippen molar-refractivity contribution >= 4 is 17.4 Å². The molecule has 0 radical (unpaired) electrons. The van der Waals surface area contributed by atoms with Gasteiger partial charge in [0, 0.05) is 6.07 Å². The van der Waals surface area contributed by atoms with Crippen molar-refractivity contribution in [3.8, 4) is 6.07 Å². The predicted octanol–water partition coefficient (Wildman–Crippen LogP) is 2.21. The fourth-order valence-corrected chi connectivity index (χ4v) is 1.15. The molecule has 0 spiro atoms. The number of anilines is 1. The number of nitrogens with one attached hydrogen (secondary N) is 1. The Morgan fingerprint density at radius 2 is 2.26 bits per heavy atom. The molecule has 5 nitrogen and oxygen atoms in total. The number of hydrogen-bond donors (Lipinski definition) is 1. The van der Waals surface area contributed by atoms with Crippen LogP contribution in [0.2, 0.25) is 0 Å². The normalized spacial score (nSPS) is 10.7. The van der Waals surface area contributed by atoms with E-state index in [-0.39, 0.29) is 24.4 Å². The molecule has 1 aromatic carbocycles. The maximum atomic E-state index is 13.3. The maximum absolute atomic E-state index is 13.3. The summed E-state index contributed by atoms with van der Waals surface area (Å²) in [6, 6.07) is 4.58. The van der Waals surface area contributed by atoms with Crippen LogP contribution in [0, 0.1) is 23.0 Å². The number of benzene rings is 1. The number of hydrogen-bond acceptors (Lipinski definition) is 5. The monoisotopic (exact) mass is 267 g/mol. The zero-order chi connectivity index (χ0) is 14.3. The molecule has 0 heterocycles. The van der Waals surface area contributed by atoms with Crippen molar-refractivity contribution in [2.45, 2.75) is 13.3 Å². The summed E-state index contributed by atoms with van der Waals surface area (Å²) in [5.74, 6) is -2.35. The molecule has 100 valence electrons. The number of esters is 1. The molecule has 0 fully saturated rings. The number of ether oxygens (including phenoxy) is 1. The Morgan fingerprint density at radius 1 is 1.53 bits per heavy atom. The summed E-state index contributed by atoms with van der Waals surface area (Å²) in [6.45, 7) is 1.74. The van der Waals surface area contributed by atoms with E-state index in [1.165, 1.54) is 0 Å². The van der Waals surface area contributed by atoms with E-state index >= 15 is 0 Å². The SMILES string of the molecule is CCOC(=O)/C(CC#N)=N\Nc1ccc(F)cc1F. The van der Waals surface area contributed by atoms with Crippen LogP contribution >= 0.6 is 0 Å². The topological polar surface area (TPSA) is 74.5 Å². The Morgan fingerprint density at radius 3 is 2.84 bits per heavy atom. The van der Waals surface area contributed by atoms with E-state index in [0.717, 1.165) is 12.1 Å². The van der Waals surface area contributed by atoms with Gasteiger partial charge >= 0.3 is 5.97 Å². The van der Waals surface area contributed by atoms with E-state index in [0.29, 0.717) is 6.07 Å². The van der Waals surface area contributed by atoms with Gasteiger partial charge in [0.1, 0.15) is 5.82 Å². The number of halogens is 2. The smallest absolute Gasteiger partial charge is 0.355 e. The third-order valence-corrected chi connectivity index (χ3v) is 2.00. The van der Waals surface area contributed by atoms with Crippen LogP contribution in [0.15, 0.2) is 23.3 Å². The molecule has 0 aliphatic heterocycles. The van der Waals surface area contributed by atoms with Gasteiger partial charge in [-0.1, -0.05) is 0 Å². The highest BCUT2D eigenvalue weighted by atomic mass is 19.1. The number of carbonyl (C=O) groups excluding carboxylic acids is 1. The van der Waals surface area contributed by atoms with Crippen LogP contribution in [-0.2, 0) is 9.53 Å². The number of carbonyl (C=O) groups is 1. The molecule has 0 aliphatic carbocycles. The third-order valence-electron chi connectivity index (χ3n) is 2.00. The Bertz CT molecular complexity index is 538. The lowest BCUT2D eigenvalue weighted by atomic mass is 10.3. The highest BCUT2D eigenvalue weighted by Crippen LogP contribution is 2.14. The van der Waals surface area contributed by atoms with Crippen molar-refractivity contribution in [3.05, 3.63) is 29.8 Å². The molecule has 0 bridgehead atoms. The second kappa shape index (κ2) is 7.06. The van der Waals surface area contributed by atoms with Crippen molar-refractivity contribution in [3.63, 3.8) is 0 Å². The first-order chi connectivity index (χ1) is 9.08. The molecule has 0 saturated carbocycles. The number of nitrogens with zero attached hydrogens (tertiary/aromatic N) is 2. The van der Waals surface area contributed by atoms with Gasteiger partial charge < -0.3 is 4.74 Å². The first-order valence-electron chi connectivity index (χ1n) is 5.40. The summed E-state index contributed by atoms with van der Waals surface area (Å²) in [7, 11) is 0. The lowest BCUT2D eigenvalue weighted by Crippen LogP contribution is -2.18. The molecule has 0 unspecified atom stereocenters. The van der Waals surface area contributed by atoms with Crippen LogP contribution in [0.4, 0.5) is 14.5 Å². The van der Waals surface area contributed by atoms with Crippen LogP contribution in [0.1, 0.15) is 13.3 Å². The summed E-state index contributed by atoms with van der Waals surface area (Å²) < 4.78 is 30.6. The van der Waals surface area contributed by atoms with Gasteiger partial charge in [-0.3, -0.25) is 5.43 Å². The quantitative estimate of drug-likeness (QED) is 0.504. The first-order valence-corrected chi connectivity index (χ1v) is 5.40. The van der Waals surface area contributed by atoms with Gasteiger partial charge in [-0.05, 0) is 19.1 Å². The van der Waals surface area contributed by atoms with Gasteiger partial charge in [0.2, 0.25) is 0 Å². The van der Waals surface area contributed by atoms with Crippen LogP contribution in [0.3, 0.4) is 0 Å². The van der Waals surface area contributed by atoms with Crippen LogP contribution in [0.5, 0.6) is 0 Å². The summed E-state index contributed by atoms with van der Waals surface area (Å²) in [4.78, 5) is 11.4. The van der Waals surface area contributed by atoms with Crippen LogP contribution in [0.25, 0.3) is 0 Å².